The van der Waals surface area contributed by atoms with Crippen molar-refractivity contribution in [2.24, 2.45) is 0 Å². The third-order valence-electron chi connectivity index (χ3n) is 3.60. The number of unbranched alkanes of at least 4 members (excludes halogenated alkanes) is 9. The van der Waals surface area contributed by atoms with E-state index in [0.717, 1.165) is 18.6 Å². The quantitative estimate of drug-likeness (QED) is 0.224. The second-order valence-electron chi connectivity index (χ2n) is 5.48. The second kappa shape index (κ2) is 12.8. The molecule has 1 aliphatic rings. The third kappa shape index (κ3) is 9.60. The number of esters is 1. The summed E-state index contributed by atoms with van der Waals surface area (Å²) in [4.78, 5) is 11.5. The lowest BCUT2D eigenvalue weighted by Crippen LogP contribution is -2.06. The van der Waals surface area contributed by atoms with Crippen molar-refractivity contribution in [3.05, 3.63) is 29.5 Å². The number of carbonyl (C=O) groups excluding carboxylic acids is 1. The van der Waals surface area contributed by atoms with Gasteiger partial charge in [0.1, 0.15) is 5.57 Å². The van der Waals surface area contributed by atoms with Crippen LogP contribution in [0.3, 0.4) is 0 Å². The van der Waals surface area contributed by atoms with Crippen molar-refractivity contribution < 1.29 is 9.53 Å². The van der Waals surface area contributed by atoms with E-state index in [2.05, 4.69) is 18.4 Å². The minimum atomic E-state index is -0.249. The molecular formula is C18H28O2S. The van der Waals surface area contributed by atoms with Gasteiger partial charge in [-0.3, -0.25) is 0 Å². The molecule has 0 aromatic heterocycles. The van der Waals surface area contributed by atoms with Gasteiger partial charge in [-0.25, -0.2) is 4.79 Å². The molecule has 3 heteroatoms. The number of allylic oxidation sites excluding steroid dienone is 1. The number of hydrogen-bond acceptors (Lipinski definition) is 3. The number of thiol groups is 1. The molecule has 118 valence electrons. The topological polar surface area (TPSA) is 26.3 Å². The lowest BCUT2D eigenvalue weighted by Gasteiger charge is -2.04. The molecule has 0 saturated heterocycles. The maximum absolute atomic E-state index is 11.5. The molecule has 0 fully saturated rings. The van der Waals surface area contributed by atoms with Crippen LogP contribution in [0.2, 0.25) is 0 Å². The summed E-state index contributed by atoms with van der Waals surface area (Å²) in [5, 5.41) is 0. The van der Waals surface area contributed by atoms with Crippen molar-refractivity contribution in [2.45, 2.75) is 64.2 Å². The van der Waals surface area contributed by atoms with Crippen LogP contribution in [-0.2, 0) is 9.53 Å². The van der Waals surface area contributed by atoms with E-state index in [1.54, 1.807) is 18.2 Å². The van der Waals surface area contributed by atoms with Gasteiger partial charge in [0, 0.05) is 0 Å². The molecule has 0 bridgehead atoms. The average Bonchev–Trinajstić information content (AvgIpc) is 3.02. The highest BCUT2D eigenvalue weighted by molar-refractivity contribution is 7.80. The summed E-state index contributed by atoms with van der Waals surface area (Å²) in [5.74, 6) is 0.773. The Morgan fingerprint density at radius 2 is 1.52 bits per heavy atom. The predicted octanol–water partition coefficient (Wildman–Crippen LogP) is 5.01. The van der Waals surface area contributed by atoms with Crippen LogP contribution in [0.4, 0.5) is 0 Å². The van der Waals surface area contributed by atoms with Crippen LogP contribution in [-0.4, -0.2) is 18.3 Å². The molecule has 0 atom stereocenters. The fourth-order valence-corrected chi connectivity index (χ4v) is 2.55. The second-order valence-corrected chi connectivity index (χ2v) is 5.93. The van der Waals surface area contributed by atoms with Crippen molar-refractivity contribution in [1.82, 2.24) is 0 Å². The number of hydrogen-bond donors (Lipinski definition) is 1. The smallest absolute Gasteiger partial charge is 0.346 e. The average molecular weight is 308 g/mol. The maximum Gasteiger partial charge on any atom is 0.346 e. The fourth-order valence-electron chi connectivity index (χ4n) is 2.33. The van der Waals surface area contributed by atoms with Gasteiger partial charge < -0.3 is 4.74 Å². The maximum atomic E-state index is 11.5. The van der Waals surface area contributed by atoms with Gasteiger partial charge in [-0.1, -0.05) is 57.4 Å². The molecule has 0 N–H and O–H groups in total. The lowest BCUT2D eigenvalue weighted by atomic mass is 10.1. The first kappa shape index (κ1) is 18.1. The van der Waals surface area contributed by atoms with Crippen LogP contribution in [0.25, 0.3) is 0 Å². The van der Waals surface area contributed by atoms with E-state index < -0.39 is 0 Å². The molecule has 0 saturated carbocycles. The van der Waals surface area contributed by atoms with Gasteiger partial charge in [0.25, 0.3) is 0 Å². The van der Waals surface area contributed by atoms with Gasteiger partial charge in [-0.15, -0.1) is 5.73 Å². The molecule has 0 spiro atoms. The number of ether oxygens (including phenoxy) is 1. The Balaban J connectivity index is 1.79. The predicted molar refractivity (Wildman–Crippen MR) is 91.7 cm³/mol. The van der Waals surface area contributed by atoms with Gasteiger partial charge in [-0.2, -0.15) is 12.6 Å². The van der Waals surface area contributed by atoms with Crippen LogP contribution in [0.1, 0.15) is 64.2 Å². The van der Waals surface area contributed by atoms with Crippen LogP contribution in [0.5, 0.6) is 0 Å². The minimum absolute atomic E-state index is 0.249. The van der Waals surface area contributed by atoms with Crippen LogP contribution < -0.4 is 0 Å². The largest absolute Gasteiger partial charge is 0.462 e. The Kier molecular flexibility index (Phi) is 11.0. The van der Waals surface area contributed by atoms with E-state index in [4.69, 9.17) is 4.74 Å². The normalized spacial score (nSPS) is 12.7. The van der Waals surface area contributed by atoms with Crippen molar-refractivity contribution in [3.63, 3.8) is 0 Å². The Morgan fingerprint density at radius 1 is 0.952 bits per heavy atom. The van der Waals surface area contributed by atoms with Gasteiger partial charge in [-0.05, 0) is 30.7 Å². The van der Waals surface area contributed by atoms with Crippen molar-refractivity contribution in [2.75, 3.05) is 12.4 Å². The number of rotatable bonds is 13. The van der Waals surface area contributed by atoms with Gasteiger partial charge >= 0.3 is 5.97 Å². The van der Waals surface area contributed by atoms with E-state index in [1.807, 2.05) is 0 Å². The van der Waals surface area contributed by atoms with Crippen LogP contribution in [0.15, 0.2) is 29.5 Å². The molecule has 1 aliphatic carbocycles. The van der Waals surface area contributed by atoms with Crippen molar-refractivity contribution in [1.29, 1.82) is 0 Å². The highest BCUT2D eigenvalue weighted by Gasteiger charge is 2.08. The molecule has 1 rings (SSSR count). The molecule has 0 unspecified atom stereocenters. The summed E-state index contributed by atoms with van der Waals surface area (Å²) < 4.78 is 5.19. The minimum Gasteiger partial charge on any atom is -0.462 e. The third-order valence-corrected chi connectivity index (χ3v) is 3.92. The van der Waals surface area contributed by atoms with E-state index in [1.165, 1.54) is 51.4 Å². The van der Waals surface area contributed by atoms with Crippen LogP contribution in [0, 0.1) is 0 Å². The first-order chi connectivity index (χ1) is 10.3. The molecule has 0 aromatic carbocycles. The van der Waals surface area contributed by atoms with E-state index in [-0.39, 0.29) is 5.97 Å². The van der Waals surface area contributed by atoms with Gasteiger partial charge in [0.05, 0.1) is 6.61 Å². The fraction of sp³-hybridized carbons (Fsp3) is 0.667. The van der Waals surface area contributed by atoms with Gasteiger partial charge in [0.2, 0.25) is 0 Å². The molecule has 0 amide bonds. The van der Waals surface area contributed by atoms with E-state index in [0.29, 0.717) is 12.2 Å². The summed E-state index contributed by atoms with van der Waals surface area (Å²) in [6.07, 6.45) is 17.9. The summed E-state index contributed by atoms with van der Waals surface area (Å²) in [5.41, 5.74) is 3.39. The molecule has 21 heavy (non-hydrogen) atoms. The van der Waals surface area contributed by atoms with E-state index in [9.17, 15) is 4.79 Å². The monoisotopic (exact) mass is 308 g/mol. The molecular weight excluding hydrogens is 280 g/mol. The first-order valence-electron chi connectivity index (χ1n) is 8.26. The Bertz CT molecular complexity index is 379. The summed E-state index contributed by atoms with van der Waals surface area (Å²) in [6, 6.07) is 0. The van der Waals surface area contributed by atoms with Gasteiger partial charge in [0.15, 0.2) is 0 Å². The molecule has 0 radical (unpaired) electrons. The van der Waals surface area contributed by atoms with E-state index >= 15 is 0 Å². The highest BCUT2D eigenvalue weighted by atomic mass is 32.1. The van der Waals surface area contributed by atoms with Crippen molar-refractivity contribution in [3.8, 4) is 0 Å². The molecule has 0 aliphatic heterocycles. The Hall–Kier alpha value is -0.920. The summed E-state index contributed by atoms with van der Waals surface area (Å²) in [6.45, 7) is 0.529. The zero-order chi connectivity index (χ0) is 15.2. The van der Waals surface area contributed by atoms with Crippen LogP contribution >= 0.6 is 12.6 Å². The Labute approximate surface area is 134 Å². The SMILES string of the molecule is O=C(OCCCCCCCCCCCCS)C1=C=CC=C1. The standard InChI is InChI=1S/C18H28O2S/c19-18(17-13-9-10-14-17)20-15-11-7-5-3-1-2-4-6-8-12-16-21/h9-10,13,21H,1-8,11-12,15-16H2. The first-order valence-corrected chi connectivity index (χ1v) is 8.89. The molecule has 0 heterocycles. The lowest BCUT2D eigenvalue weighted by molar-refractivity contribution is -0.138. The molecule has 0 aromatic rings. The highest BCUT2D eigenvalue weighted by Crippen LogP contribution is 2.11. The zero-order valence-electron chi connectivity index (χ0n) is 13.0. The number of carbonyl (C=O) groups is 1. The Morgan fingerprint density at radius 3 is 2.05 bits per heavy atom. The summed E-state index contributed by atoms with van der Waals surface area (Å²) in [7, 11) is 0. The zero-order valence-corrected chi connectivity index (χ0v) is 13.9. The molecule has 2 nitrogen and oxygen atoms in total. The summed E-state index contributed by atoms with van der Waals surface area (Å²) >= 11 is 4.22. The van der Waals surface area contributed by atoms with Crippen molar-refractivity contribution >= 4 is 18.6 Å².